The first-order chi connectivity index (χ1) is 13.9. The third kappa shape index (κ3) is 4.59. The first-order valence-corrected chi connectivity index (χ1v) is 9.49. The fraction of sp³-hybridized carbons (Fsp3) is 0.381. The zero-order valence-corrected chi connectivity index (χ0v) is 16.8. The van der Waals surface area contributed by atoms with E-state index < -0.39 is 10.8 Å². The Labute approximate surface area is 169 Å². The van der Waals surface area contributed by atoms with E-state index in [1.807, 2.05) is 0 Å². The minimum Gasteiger partial charge on any atom is -0.497 e. The third-order valence-electron chi connectivity index (χ3n) is 5.21. The number of nitro groups is 1. The van der Waals surface area contributed by atoms with Gasteiger partial charge in [-0.25, -0.2) is 0 Å². The summed E-state index contributed by atoms with van der Waals surface area (Å²) >= 11 is 0. The van der Waals surface area contributed by atoms with Gasteiger partial charge in [0.15, 0.2) is 0 Å². The molecule has 1 aliphatic rings. The van der Waals surface area contributed by atoms with E-state index in [0.29, 0.717) is 28.8 Å². The summed E-state index contributed by atoms with van der Waals surface area (Å²) in [5.41, 5.74) is 1.27. The van der Waals surface area contributed by atoms with Gasteiger partial charge in [0, 0.05) is 31.3 Å². The van der Waals surface area contributed by atoms with E-state index >= 15 is 0 Å². The van der Waals surface area contributed by atoms with Crippen LogP contribution in [0.25, 0.3) is 0 Å². The van der Waals surface area contributed by atoms with Crippen molar-refractivity contribution in [2.45, 2.75) is 19.8 Å². The number of non-ortho nitro benzene ring substituents is 1. The van der Waals surface area contributed by atoms with E-state index in [0.717, 1.165) is 25.9 Å². The normalized spacial score (nSPS) is 14.4. The van der Waals surface area contributed by atoms with Gasteiger partial charge in [0.2, 0.25) is 0 Å². The first-order valence-electron chi connectivity index (χ1n) is 9.49. The lowest BCUT2D eigenvalue weighted by molar-refractivity contribution is -0.384. The average Bonchev–Trinajstić information content (AvgIpc) is 2.73. The van der Waals surface area contributed by atoms with Crippen molar-refractivity contribution in [3.8, 4) is 11.5 Å². The van der Waals surface area contributed by atoms with E-state index in [4.69, 9.17) is 9.47 Å². The smallest absolute Gasteiger partial charge is 0.270 e. The van der Waals surface area contributed by atoms with Crippen LogP contribution in [0, 0.1) is 16.0 Å². The highest BCUT2D eigenvalue weighted by Gasteiger charge is 2.24. The molecular formula is C21H25N3O5. The number of piperidine rings is 1. The molecule has 0 atom stereocenters. The summed E-state index contributed by atoms with van der Waals surface area (Å²) in [4.78, 5) is 26.0. The molecule has 154 valence electrons. The molecule has 2 aromatic rings. The van der Waals surface area contributed by atoms with Gasteiger partial charge in [-0.05, 0) is 37.0 Å². The van der Waals surface area contributed by atoms with Crippen LogP contribution in [0.15, 0.2) is 36.4 Å². The second kappa shape index (κ2) is 8.81. The van der Waals surface area contributed by atoms with Gasteiger partial charge in [0.1, 0.15) is 11.5 Å². The number of nitro benzene ring substituents is 1. The molecule has 0 spiro atoms. The summed E-state index contributed by atoms with van der Waals surface area (Å²) in [5.74, 6) is 1.22. The Kier molecular flexibility index (Phi) is 6.21. The van der Waals surface area contributed by atoms with Crippen molar-refractivity contribution in [2.75, 3.05) is 37.5 Å². The highest BCUT2D eigenvalue weighted by molar-refractivity contribution is 6.09. The van der Waals surface area contributed by atoms with Gasteiger partial charge < -0.3 is 19.7 Å². The number of hydrogen-bond acceptors (Lipinski definition) is 6. The molecule has 0 radical (unpaired) electrons. The molecule has 0 aromatic heterocycles. The molecule has 1 heterocycles. The molecule has 1 amide bonds. The molecule has 0 bridgehead atoms. The summed E-state index contributed by atoms with van der Waals surface area (Å²) in [7, 11) is 3.04. The number of rotatable bonds is 6. The molecule has 1 N–H and O–H groups in total. The number of nitrogens with zero attached hydrogens (tertiary/aromatic N) is 2. The molecular weight excluding hydrogens is 374 g/mol. The summed E-state index contributed by atoms with van der Waals surface area (Å²) in [5, 5.41) is 14.1. The standard InChI is InChI=1S/C21H25N3O5/c1-14-8-10-23(11-9-14)19-6-4-15(24(26)27)12-17(19)21(25)22-18-13-16(28-2)5-7-20(18)29-3/h4-7,12-14H,8-11H2,1-3H3,(H,22,25). The molecule has 0 aliphatic carbocycles. The molecule has 1 saturated heterocycles. The van der Waals surface area contributed by atoms with Gasteiger partial charge in [-0.15, -0.1) is 0 Å². The lowest BCUT2D eigenvalue weighted by Gasteiger charge is -2.33. The minimum atomic E-state index is -0.495. The Bertz CT molecular complexity index is 907. The van der Waals surface area contributed by atoms with Crippen LogP contribution in [0.1, 0.15) is 30.1 Å². The van der Waals surface area contributed by atoms with Crippen LogP contribution in [0.3, 0.4) is 0 Å². The van der Waals surface area contributed by atoms with E-state index in [2.05, 4.69) is 17.1 Å². The van der Waals surface area contributed by atoms with E-state index in [-0.39, 0.29) is 11.3 Å². The molecule has 1 fully saturated rings. The number of amides is 1. The maximum Gasteiger partial charge on any atom is 0.270 e. The molecule has 2 aromatic carbocycles. The van der Waals surface area contributed by atoms with Crippen LogP contribution < -0.4 is 19.7 Å². The summed E-state index contributed by atoms with van der Waals surface area (Å²) < 4.78 is 10.5. The molecule has 0 unspecified atom stereocenters. The quantitative estimate of drug-likeness (QED) is 0.581. The molecule has 3 rings (SSSR count). The number of ether oxygens (including phenoxy) is 2. The second-order valence-electron chi connectivity index (χ2n) is 7.15. The number of carbonyl (C=O) groups is 1. The first kappa shape index (κ1) is 20.4. The van der Waals surface area contributed by atoms with Gasteiger partial charge in [0.25, 0.3) is 11.6 Å². The monoisotopic (exact) mass is 399 g/mol. The Morgan fingerprint density at radius 1 is 1.14 bits per heavy atom. The van der Waals surface area contributed by atoms with Crippen molar-refractivity contribution >= 4 is 23.0 Å². The third-order valence-corrected chi connectivity index (χ3v) is 5.21. The van der Waals surface area contributed by atoms with Gasteiger partial charge in [0.05, 0.1) is 36.1 Å². The maximum atomic E-state index is 13.1. The van der Waals surface area contributed by atoms with Crippen LogP contribution in [0.4, 0.5) is 17.1 Å². The van der Waals surface area contributed by atoms with Crippen LogP contribution >= 0.6 is 0 Å². The topological polar surface area (TPSA) is 93.9 Å². The minimum absolute atomic E-state index is 0.123. The van der Waals surface area contributed by atoms with Crippen LogP contribution in [0.2, 0.25) is 0 Å². The van der Waals surface area contributed by atoms with Crippen molar-refractivity contribution < 1.29 is 19.2 Å². The largest absolute Gasteiger partial charge is 0.497 e. The predicted molar refractivity (Wildman–Crippen MR) is 111 cm³/mol. The van der Waals surface area contributed by atoms with Crippen molar-refractivity contribution in [3.05, 3.63) is 52.1 Å². The molecule has 29 heavy (non-hydrogen) atoms. The number of nitrogens with one attached hydrogen (secondary N) is 1. The molecule has 0 saturated carbocycles. The number of methoxy groups -OCH3 is 2. The number of benzene rings is 2. The Morgan fingerprint density at radius 3 is 2.48 bits per heavy atom. The van der Waals surface area contributed by atoms with E-state index in [9.17, 15) is 14.9 Å². The highest BCUT2D eigenvalue weighted by atomic mass is 16.6. The number of anilines is 2. The Hall–Kier alpha value is -3.29. The summed E-state index contributed by atoms with van der Waals surface area (Å²) in [6.07, 6.45) is 2.03. The fourth-order valence-electron chi connectivity index (χ4n) is 3.45. The predicted octanol–water partition coefficient (Wildman–Crippen LogP) is 4.10. The fourth-order valence-corrected chi connectivity index (χ4v) is 3.45. The Balaban J connectivity index is 1.96. The molecule has 1 aliphatic heterocycles. The second-order valence-corrected chi connectivity index (χ2v) is 7.15. The van der Waals surface area contributed by atoms with Gasteiger partial charge >= 0.3 is 0 Å². The van der Waals surface area contributed by atoms with Crippen molar-refractivity contribution in [2.24, 2.45) is 5.92 Å². The van der Waals surface area contributed by atoms with Crippen LogP contribution in [-0.4, -0.2) is 38.1 Å². The zero-order valence-electron chi connectivity index (χ0n) is 16.8. The van der Waals surface area contributed by atoms with Gasteiger partial charge in [-0.1, -0.05) is 6.92 Å². The molecule has 8 heteroatoms. The lowest BCUT2D eigenvalue weighted by Crippen LogP contribution is -2.34. The van der Waals surface area contributed by atoms with Gasteiger partial charge in [-0.3, -0.25) is 14.9 Å². The van der Waals surface area contributed by atoms with E-state index in [1.54, 1.807) is 24.3 Å². The van der Waals surface area contributed by atoms with E-state index in [1.165, 1.54) is 26.4 Å². The van der Waals surface area contributed by atoms with Gasteiger partial charge in [-0.2, -0.15) is 0 Å². The average molecular weight is 399 g/mol. The SMILES string of the molecule is COc1ccc(OC)c(NC(=O)c2cc([N+](=O)[O-])ccc2N2CCC(C)CC2)c1. The van der Waals surface area contributed by atoms with Crippen molar-refractivity contribution in [1.29, 1.82) is 0 Å². The van der Waals surface area contributed by atoms with Crippen LogP contribution in [0.5, 0.6) is 11.5 Å². The zero-order chi connectivity index (χ0) is 21.0. The summed E-state index contributed by atoms with van der Waals surface area (Å²) in [6.45, 7) is 3.82. The summed E-state index contributed by atoms with van der Waals surface area (Å²) in [6, 6.07) is 9.49. The van der Waals surface area contributed by atoms with Crippen LogP contribution in [-0.2, 0) is 0 Å². The highest BCUT2D eigenvalue weighted by Crippen LogP contribution is 2.33. The van der Waals surface area contributed by atoms with Crippen molar-refractivity contribution in [1.82, 2.24) is 0 Å². The Morgan fingerprint density at radius 2 is 1.86 bits per heavy atom. The van der Waals surface area contributed by atoms with Crippen molar-refractivity contribution in [3.63, 3.8) is 0 Å². The number of carbonyl (C=O) groups excluding carboxylic acids is 1. The molecule has 8 nitrogen and oxygen atoms in total. The maximum absolute atomic E-state index is 13.1. The lowest BCUT2D eigenvalue weighted by atomic mass is 9.98. The number of hydrogen-bond donors (Lipinski definition) is 1.